The maximum absolute atomic E-state index is 6.05. The van der Waals surface area contributed by atoms with Gasteiger partial charge in [0.1, 0.15) is 5.69 Å². The molecule has 0 aliphatic carbocycles. The molecule has 0 saturated heterocycles. The predicted molar refractivity (Wildman–Crippen MR) is 123 cm³/mol. The summed E-state index contributed by atoms with van der Waals surface area (Å²) in [5.74, 6) is 0.784. The molecule has 2 aromatic heterocycles. The lowest BCUT2D eigenvalue weighted by Crippen LogP contribution is -2.17. The zero-order valence-electron chi connectivity index (χ0n) is 16.0. The number of halogens is 1. The van der Waals surface area contributed by atoms with Crippen molar-refractivity contribution in [2.45, 2.75) is 9.79 Å². The van der Waals surface area contributed by atoms with E-state index in [1.807, 2.05) is 59.7 Å². The standard InChI is InChI=1S/C23H18ClN5S/c24-18-6-10-20(11-7-18)30-21-15-29(22-3-1-2-12-26-22)27-23(21)17-4-8-19(9-5-17)28-14-13-25-16-28/h1-12,15-16H,13-14H2. The monoisotopic (exact) mass is 431 g/mol. The Morgan fingerprint density at radius 1 is 0.933 bits per heavy atom. The van der Waals surface area contributed by atoms with Gasteiger partial charge in [-0.3, -0.25) is 4.99 Å². The number of benzene rings is 2. The summed E-state index contributed by atoms with van der Waals surface area (Å²) in [5, 5.41) is 5.59. The van der Waals surface area contributed by atoms with Crippen molar-refractivity contribution in [3.63, 3.8) is 0 Å². The summed E-state index contributed by atoms with van der Waals surface area (Å²) in [6.07, 6.45) is 5.69. The fraction of sp³-hybridized carbons (Fsp3) is 0.0870. The highest BCUT2D eigenvalue weighted by Crippen LogP contribution is 2.36. The predicted octanol–water partition coefficient (Wildman–Crippen LogP) is 5.59. The largest absolute Gasteiger partial charge is 0.331 e. The molecular formula is C23H18ClN5S. The second kappa shape index (κ2) is 8.34. The Kier molecular flexibility index (Phi) is 5.26. The van der Waals surface area contributed by atoms with Crippen LogP contribution in [-0.2, 0) is 0 Å². The Morgan fingerprint density at radius 3 is 2.47 bits per heavy atom. The van der Waals surface area contributed by atoms with Crippen LogP contribution in [0.25, 0.3) is 17.1 Å². The zero-order chi connectivity index (χ0) is 20.3. The van der Waals surface area contributed by atoms with Crippen LogP contribution in [0.3, 0.4) is 0 Å². The minimum Gasteiger partial charge on any atom is -0.331 e. The number of nitrogens with zero attached hydrogens (tertiary/aromatic N) is 5. The van der Waals surface area contributed by atoms with Crippen LogP contribution in [0.1, 0.15) is 0 Å². The Bertz CT molecular complexity index is 1170. The Balaban J connectivity index is 1.52. The van der Waals surface area contributed by atoms with Crippen molar-refractivity contribution in [3.05, 3.63) is 84.1 Å². The fourth-order valence-corrected chi connectivity index (χ4v) is 4.32. The SMILES string of the molecule is Clc1ccc(Sc2cn(-c3ccccn3)nc2-c2ccc(N3C=NCC3)cc2)cc1. The van der Waals surface area contributed by atoms with Crippen LogP contribution in [0.15, 0.2) is 93.9 Å². The molecule has 3 heterocycles. The average molecular weight is 432 g/mol. The molecule has 0 N–H and O–H groups in total. The van der Waals surface area contributed by atoms with Gasteiger partial charge in [0.2, 0.25) is 0 Å². The molecule has 0 bridgehead atoms. The van der Waals surface area contributed by atoms with Crippen molar-refractivity contribution in [2.75, 3.05) is 18.0 Å². The van der Waals surface area contributed by atoms with Crippen LogP contribution < -0.4 is 4.90 Å². The molecule has 1 aliphatic rings. The van der Waals surface area contributed by atoms with Crippen LogP contribution in [0.2, 0.25) is 5.02 Å². The van der Waals surface area contributed by atoms with E-state index < -0.39 is 0 Å². The van der Waals surface area contributed by atoms with Crippen LogP contribution in [-0.4, -0.2) is 34.2 Å². The number of pyridine rings is 1. The third-order valence-electron chi connectivity index (χ3n) is 4.77. The maximum atomic E-state index is 6.05. The van der Waals surface area contributed by atoms with Gasteiger partial charge in [-0.2, -0.15) is 5.10 Å². The lowest BCUT2D eigenvalue weighted by Gasteiger charge is -2.14. The molecule has 7 heteroatoms. The van der Waals surface area contributed by atoms with E-state index >= 15 is 0 Å². The summed E-state index contributed by atoms with van der Waals surface area (Å²) in [4.78, 5) is 13.0. The summed E-state index contributed by atoms with van der Waals surface area (Å²) in [6.45, 7) is 1.77. The molecule has 5 nitrogen and oxygen atoms in total. The van der Waals surface area contributed by atoms with Gasteiger partial charge in [-0.1, -0.05) is 41.6 Å². The molecule has 0 atom stereocenters. The number of aromatic nitrogens is 3. The van der Waals surface area contributed by atoms with Crippen molar-refractivity contribution < 1.29 is 0 Å². The molecule has 4 aromatic rings. The first kappa shape index (κ1) is 18.9. The van der Waals surface area contributed by atoms with Gasteiger partial charge in [0, 0.05) is 40.1 Å². The van der Waals surface area contributed by atoms with Gasteiger partial charge in [-0.15, -0.1) is 0 Å². The highest BCUT2D eigenvalue weighted by Gasteiger charge is 2.15. The fourth-order valence-electron chi connectivity index (χ4n) is 3.26. The first-order valence-electron chi connectivity index (χ1n) is 9.58. The minimum atomic E-state index is 0.727. The van der Waals surface area contributed by atoms with Gasteiger partial charge in [0.25, 0.3) is 0 Å². The van der Waals surface area contributed by atoms with Gasteiger partial charge >= 0.3 is 0 Å². The van der Waals surface area contributed by atoms with Crippen molar-refractivity contribution in [2.24, 2.45) is 4.99 Å². The number of anilines is 1. The minimum absolute atomic E-state index is 0.727. The Labute approximate surface area is 184 Å². The van der Waals surface area contributed by atoms with E-state index in [2.05, 4.69) is 39.1 Å². The molecule has 0 fully saturated rings. The number of hydrogen-bond donors (Lipinski definition) is 0. The molecular weight excluding hydrogens is 414 g/mol. The molecule has 1 aliphatic heterocycles. The summed E-state index contributed by atoms with van der Waals surface area (Å²) < 4.78 is 1.83. The van der Waals surface area contributed by atoms with Crippen LogP contribution >= 0.6 is 23.4 Å². The molecule has 0 saturated carbocycles. The molecule has 5 rings (SSSR count). The van der Waals surface area contributed by atoms with Gasteiger partial charge in [0.15, 0.2) is 5.82 Å². The molecule has 2 aromatic carbocycles. The summed E-state index contributed by atoms with van der Waals surface area (Å²) in [7, 11) is 0. The normalized spacial score (nSPS) is 13.2. The van der Waals surface area contributed by atoms with Crippen molar-refractivity contribution in [3.8, 4) is 17.1 Å². The molecule has 0 spiro atoms. The zero-order valence-corrected chi connectivity index (χ0v) is 17.6. The average Bonchev–Trinajstić information content (AvgIpc) is 3.47. The van der Waals surface area contributed by atoms with E-state index in [0.29, 0.717) is 0 Å². The Hall–Kier alpha value is -3.09. The second-order valence-corrected chi connectivity index (χ2v) is 8.34. The van der Waals surface area contributed by atoms with Gasteiger partial charge in [-0.25, -0.2) is 9.67 Å². The smallest absolute Gasteiger partial charge is 0.153 e. The van der Waals surface area contributed by atoms with Crippen molar-refractivity contribution in [1.29, 1.82) is 0 Å². The molecule has 0 amide bonds. The molecule has 148 valence electrons. The van der Waals surface area contributed by atoms with E-state index in [4.69, 9.17) is 16.7 Å². The second-order valence-electron chi connectivity index (χ2n) is 6.79. The van der Waals surface area contributed by atoms with E-state index in [-0.39, 0.29) is 0 Å². The summed E-state index contributed by atoms with van der Waals surface area (Å²) >= 11 is 7.71. The Morgan fingerprint density at radius 2 is 1.77 bits per heavy atom. The van der Waals surface area contributed by atoms with E-state index in [1.54, 1.807) is 18.0 Å². The van der Waals surface area contributed by atoms with Crippen LogP contribution in [0.4, 0.5) is 5.69 Å². The number of hydrogen-bond acceptors (Lipinski definition) is 5. The molecule has 30 heavy (non-hydrogen) atoms. The topological polar surface area (TPSA) is 46.3 Å². The van der Waals surface area contributed by atoms with E-state index in [0.717, 1.165) is 50.7 Å². The van der Waals surface area contributed by atoms with Crippen molar-refractivity contribution >= 4 is 35.4 Å². The molecule has 0 unspecified atom stereocenters. The lowest BCUT2D eigenvalue weighted by atomic mass is 10.1. The quantitative estimate of drug-likeness (QED) is 0.413. The number of aliphatic imine (C=N–C) groups is 1. The van der Waals surface area contributed by atoms with Crippen molar-refractivity contribution in [1.82, 2.24) is 14.8 Å². The van der Waals surface area contributed by atoms with Gasteiger partial charge in [-0.05, 0) is 48.5 Å². The summed E-state index contributed by atoms with van der Waals surface area (Å²) in [5.41, 5.74) is 3.11. The third-order valence-corrected chi connectivity index (χ3v) is 6.05. The van der Waals surface area contributed by atoms with E-state index in [1.165, 1.54) is 0 Å². The van der Waals surface area contributed by atoms with Crippen LogP contribution in [0, 0.1) is 0 Å². The third kappa shape index (κ3) is 3.97. The molecule has 0 radical (unpaired) electrons. The maximum Gasteiger partial charge on any atom is 0.153 e. The lowest BCUT2D eigenvalue weighted by molar-refractivity contribution is 0.849. The first-order valence-corrected chi connectivity index (χ1v) is 10.8. The summed E-state index contributed by atoms with van der Waals surface area (Å²) in [6, 6.07) is 22.1. The first-order chi connectivity index (χ1) is 14.8. The van der Waals surface area contributed by atoms with Crippen LogP contribution in [0.5, 0.6) is 0 Å². The highest BCUT2D eigenvalue weighted by atomic mass is 35.5. The highest BCUT2D eigenvalue weighted by molar-refractivity contribution is 7.99. The van der Waals surface area contributed by atoms with Gasteiger partial charge < -0.3 is 4.90 Å². The van der Waals surface area contributed by atoms with Gasteiger partial charge in [0.05, 0.1) is 17.8 Å². The number of rotatable bonds is 5. The van der Waals surface area contributed by atoms with E-state index in [9.17, 15) is 0 Å².